The van der Waals surface area contributed by atoms with Crippen LogP contribution in [0.4, 0.5) is 0 Å². The summed E-state index contributed by atoms with van der Waals surface area (Å²) >= 11 is 0. The predicted octanol–water partition coefficient (Wildman–Crippen LogP) is 15.0. The van der Waals surface area contributed by atoms with Crippen molar-refractivity contribution < 1.29 is 14.6 Å². The van der Waals surface area contributed by atoms with Gasteiger partial charge in [0.25, 0.3) is 0 Å². The summed E-state index contributed by atoms with van der Waals surface area (Å²) in [5, 5.41) is 12.4. The van der Waals surface area contributed by atoms with Crippen molar-refractivity contribution in [3.63, 3.8) is 0 Å². The third kappa shape index (κ3) is 17.1. The van der Waals surface area contributed by atoms with Gasteiger partial charge in [0.1, 0.15) is 11.5 Å². The van der Waals surface area contributed by atoms with E-state index >= 15 is 0 Å². The number of hydrogen-bond acceptors (Lipinski definition) is 3. The third-order valence-corrected chi connectivity index (χ3v) is 9.92. The molecule has 0 saturated heterocycles. The van der Waals surface area contributed by atoms with Crippen LogP contribution in [0.2, 0.25) is 0 Å². The molecule has 0 spiro atoms. The molecular weight excluding hydrogens is 637 g/mol. The summed E-state index contributed by atoms with van der Waals surface area (Å²) in [5.41, 5.74) is 11.8. The lowest BCUT2D eigenvalue weighted by Gasteiger charge is -2.17. The number of ether oxygens (including phenoxy) is 1. The lowest BCUT2D eigenvalue weighted by atomic mass is 9.95. The van der Waals surface area contributed by atoms with Crippen LogP contribution in [-0.2, 0) is 11.2 Å². The second-order valence-electron chi connectivity index (χ2n) is 15.2. The number of allylic oxidation sites excluding steroid dienone is 14. The molecule has 3 heteroatoms. The Labute approximate surface area is 318 Å². The van der Waals surface area contributed by atoms with E-state index in [4.69, 9.17) is 4.74 Å². The van der Waals surface area contributed by atoms with Crippen molar-refractivity contribution in [2.24, 2.45) is 0 Å². The van der Waals surface area contributed by atoms with E-state index in [0.29, 0.717) is 24.0 Å². The highest BCUT2D eigenvalue weighted by atomic mass is 16.5. The molecule has 0 aliphatic carbocycles. The summed E-state index contributed by atoms with van der Waals surface area (Å²) < 4.78 is 5.82. The predicted molar refractivity (Wildman–Crippen MR) is 227 cm³/mol. The first-order valence-corrected chi connectivity index (χ1v) is 19.8. The normalized spacial score (nSPS) is 13.6. The largest absolute Gasteiger partial charge is 0.507 e. The lowest BCUT2D eigenvalue weighted by molar-refractivity contribution is -0.133. The Morgan fingerprint density at radius 1 is 0.577 bits per heavy atom. The van der Waals surface area contributed by atoms with Crippen molar-refractivity contribution in [2.75, 3.05) is 0 Å². The van der Waals surface area contributed by atoms with Gasteiger partial charge in [-0.25, -0.2) is 0 Å². The summed E-state index contributed by atoms with van der Waals surface area (Å²) in [6, 6.07) is 7.58. The van der Waals surface area contributed by atoms with Crippen molar-refractivity contribution in [3.8, 4) is 11.5 Å². The number of fused-ring (bicyclic) bond motifs is 1. The Kier molecular flexibility index (Phi) is 20.8. The van der Waals surface area contributed by atoms with E-state index in [1.54, 1.807) is 6.92 Å². The van der Waals surface area contributed by atoms with Crippen LogP contribution in [-0.4, -0.2) is 11.1 Å². The van der Waals surface area contributed by atoms with Gasteiger partial charge in [-0.3, -0.25) is 4.79 Å². The van der Waals surface area contributed by atoms with E-state index in [0.717, 1.165) is 87.1 Å². The van der Waals surface area contributed by atoms with E-state index in [-0.39, 0.29) is 11.7 Å². The molecule has 0 saturated carbocycles. The molecule has 2 aromatic carbocycles. The van der Waals surface area contributed by atoms with E-state index in [1.165, 1.54) is 45.4 Å². The summed E-state index contributed by atoms with van der Waals surface area (Å²) in [7, 11) is 0. The molecule has 0 bridgehead atoms. The van der Waals surface area contributed by atoms with E-state index < -0.39 is 0 Å². The molecule has 0 aromatic heterocycles. The van der Waals surface area contributed by atoms with Crippen LogP contribution in [0.1, 0.15) is 157 Å². The monoisotopic (exact) mass is 707 g/mol. The van der Waals surface area contributed by atoms with E-state index in [1.807, 2.05) is 31.2 Å². The number of rotatable bonds is 22. The highest BCUT2D eigenvalue weighted by Crippen LogP contribution is 2.40. The molecule has 0 unspecified atom stereocenters. The van der Waals surface area contributed by atoms with Crippen LogP contribution in [0, 0.1) is 6.92 Å². The molecule has 2 aromatic rings. The van der Waals surface area contributed by atoms with Crippen LogP contribution >= 0.6 is 0 Å². The summed E-state index contributed by atoms with van der Waals surface area (Å²) in [5.74, 6) is 0.559. The van der Waals surface area contributed by atoms with Crippen LogP contribution in [0.5, 0.6) is 11.5 Å². The Bertz CT molecular complexity index is 1660. The first-order chi connectivity index (χ1) is 24.8. The van der Waals surface area contributed by atoms with E-state index in [9.17, 15) is 9.90 Å². The summed E-state index contributed by atoms with van der Waals surface area (Å²) in [4.78, 5) is 12.3. The molecule has 0 atom stereocenters. The van der Waals surface area contributed by atoms with Gasteiger partial charge in [-0.2, -0.15) is 0 Å². The standard InChI is InChI=1S/C49H70O3/c1-11-47(50)52-49-44(43(10)48(51)45-32-12-13-33-46(45)49)35-34-42(9)31-19-30-41(8)29-18-28-40(7)27-17-26-39(6)25-16-24-38(5)23-15-22-37(4)21-14-20-36(2)3/h12-13,20,22,24,26,28,30,32-34,51H,11,14-19,21,23,25,27,29,31,35H2,1-10H3. The Hall–Kier alpha value is -3.85. The highest BCUT2D eigenvalue weighted by molar-refractivity contribution is 5.97. The molecule has 0 aliphatic rings. The molecule has 0 fully saturated rings. The topological polar surface area (TPSA) is 46.5 Å². The number of carbonyl (C=O) groups is 1. The second kappa shape index (κ2) is 24.4. The smallest absolute Gasteiger partial charge is 0.310 e. The Morgan fingerprint density at radius 2 is 0.942 bits per heavy atom. The number of phenols is 1. The molecule has 0 radical (unpaired) electrons. The van der Waals surface area contributed by atoms with Gasteiger partial charge in [-0.1, -0.05) is 113 Å². The number of phenolic OH excluding ortho intramolecular Hbond substituents is 1. The molecule has 0 aliphatic heterocycles. The van der Waals surface area contributed by atoms with Crippen LogP contribution in [0.25, 0.3) is 10.8 Å². The minimum atomic E-state index is -0.268. The first-order valence-electron chi connectivity index (χ1n) is 19.8. The van der Waals surface area contributed by atoms with Gasteiger partial charge in [0, 0.05) is 22.8 Å². The Balaban J connectivity index is 1.76. The molecular formula is C49H70O3. The molecule has 2 rings (SSSR count). The number of hydrogen-bond donors (Lipinski definition) is 1. The zero-order chi connectivity index (χ0) is 38.5. The maximum absolute atomic E-state index is 12.3. The zero-order valence-corrected chi connectivity index (χ0v) is 34.5. The fourth-order valence-corrected chi connectivity index (χ4v) is 6.32. The highest BCUT2D eigenvalue weighted by Gasteiger charge is 2.19. The maximum atomic E-state index is 12.3. The maximum Gasteiger partial charge on any atom is 0.310 e. The Morgan fingerprint density at radius 3 is 1.33 bits per heavy atom. The minimum Gasteiger partial charge on any atom is -0.507 e. The summed E-state index contributed by atoms with van der Waals surface area (Å²) in [6.07, 6.45) is 30.9. The summed E-state index contributed by atoms with van der Waals surface area (Å²) in [6.45, 7) is 21.5. The number of benzene rings is 2. The quantitative estimate of drug-likeness (QED) is 0.0753. The second-order valence-corrected chi connectivity index (χ2v) is 15.2. The third-order valence-electron chi connectivity index (χ3n) is 9.92. The van der Waals surface area contributed by atoms with Crippen molar-refractivity contribution in [2.45, 2.75) is 159 Å². The van der Waals surface area contributed by atoms with Crippen molar-refractivity contribution in [1.29, 1.82) is 0 Å². The van der Waals surface area contributed by atoms with Gasteiger partial charge >= 0.3 is 5.97 Å². The molecule has 284 valence electrons. The van der Waals surface area contributed by atoms with Gasteiger partial charge in [-0.05, 0) is 151 Å². The number of aromatic hydroxyl groups is 1. The van der Waals surface area contributed by atoms with E-state index in [2.05, 4.69) is 97.9 Å². The van der Waals surface area contributed by atoms with Gasteiger partial charge in [0.15, 0.2) is 0 Å². The number of esters is 1. The van der Waals surface area contributed by atoms with Gasteiger partial charge in [-0.15, -0.1) is 0 Å². The average molecular weight is 707 g/mol. The van der Waals surface area contributed by atoms with Crippen LogP contribution < -0.4 is 4.74 Å². The van der Waals surface area contributed by atoms with Crippen LogP contribution in [0.15, 0.2) is 106 Å². The van der Waals surface area contributed by atoms with Crippen molar-refractivity contribution in [3.05, 3.63) is 117 Å². The lowest BCUT2D eigenvalue weighted by Crippen LogP contribution is -2.09. The fourth-order valence-electron chi connectivity index (χ4n) is 6.32. The van der Waals surface area contributed by atoms with Crippen molar-refractivity contribution >= 4 is 16.7 Å². The molecule has 0 heterocycles. The van der Waals surface area contributed by atoms with Gasteiger partial charge in [0.05, 0.1) is 0 Å². The molecule has 3 nitrogen and oxygen atoms in total. The fraction of sp³-hybridized carbons (Fsp3) is 0.490. The molecule has 0 amide bonds. The minimum absolute atomic E-state index is 0.257. The first kappa shape index (κ1) is 44.3. The average Bonchev–Trinajstić information content (AvgIpc) is 3.10. The van der Waals surface area contributed by atoms with Gasteiger partial charge < -0.3 is 9.84 Å². The zero-order valence-electron chi connectivity index (χ0n) is 34.5. The van der Waals surface area contributed by atoms with Crippen molar-refractivity contribution in [1.82, 2.24) is 0 Å². The SMILES string of the molecule is CCC(=O)Oc1c(CC=C(C)CCC=C(C)CCC=C(C)CCC=C(C)CCC=C(C)CCC=C(C)CCC=C(C)C)c(C)c(O)c2ccccc12. The van der Waals surface area contributed by atoms with Crippen LogP contribution in [0.3, 0.4) is 0 Å². The molecule has 52 heavy (non-hydrogen) atoms. The van der Waals surface area contributed by atoms with Gasteiger partial charge in [0.2, 0.25) is 0 Å². The molecule has 1 N–H and O–H groups in total. The number of carbonyl (C=O) groups excluding carboxylic acids is 1.